The van der Waals surface area contributed by atoms with Gasteiger partial charge in [-0.25, -0.2) is 4.39 Å². The number of likely N-dealkylation sites (tertiary alicyclic amines) is 2. The lowest BCUT2D eigenvalue weighted by atomic mass is 10.0. The van der Waals surface area contributed by atoms with E-state index < -0.39 is 0 Å². The molecule has 2 atom stereocenters. The van der Waals surface area contributed by atoms with Crippen LogP contribution in [0.5, 0.6) is 0 Å². The minimum Gasteiger partial charge on any atom is -0.338 e. The van der Waals surface area contributed by atoms with Crippen molar-refractivity contribution in [1.29, 1.82) is 0 Å². The van der Waals surface area contributed by atoms with E-state index in [1.807, 2.05) is 0 Å². The lowest BCUT2D eigenvalue weighted by Gasteiger charge is -2.33. The Hall–Kier alpha value is -1.42. The van der Waals surface area contributed by atoms with Crippen LogP contribution in [0.3, 0.4) is 0 Å². The molecule has 3 rings (SSSR count). The third-order valence-corrected chi connectivity index (χ3v) is 5.18. The molecule has 0 unspecified atom stereocenters. The van der Waals surface area contributed by atoms with E-state index in [-0.39, 0.29) is 11.7 Å². The molecule has 2 heterocycles. The van der Waals surface area contributed by atoms with Crippen molar-refractivity contribution in [3.63, 3.8) is 0 Å². The summed E-state index contributed by atoms with van der Waals surface area (Å²) in [5.41, 5.74) is 1.03. The minimum absolute atomic E-state index is 0.223. The molecule has 2 aliphatic rings. The molecular formula is C18H25FN2O. The van der Waals surface area contributed by atoms with Crippen molar-refractivity contribution < 1.29 is 9.18 Å². The van der Waals surface area contributed by atoms with Gasteiger partial charge in [0.25, 0.3) is 0 Å². The fraction of sp³-hybridized carbons (Fsp3) is 0.611. The Morgan fingerprint density at radius 3 is 2.50 bits per heavy atom. The zero-order chi connectivity index (χ0) is 15.5. The number of nitrogens with zero attached hydrogens (tertiary/aromatic N) is 2. The van der Waals surface area contributed by atoms with Crippen LogP contribution in [0.25, 0.3) is 0 Å². The highest BCUT2D eigenvalue weighted by Gasteiger charge is 2.37. The van der Waals surface area contributed by atoms with Crippen molar-refractivity contribution in [2.24, 2.45) is 0 Å². The number of carbonyl (C=O) groups is 1. The smallest absolute Gasteiger partial charge is 0.223 e. The highest BCUT2D eigenvalue weighted by atomic mass is 19.1. The zero-order valence-electron chi connectivity index (χ0n) is 13.3. The SMILES string of the molecule is CN1CCC[C@H]1[C@H]1CCCN1C(=O)CCc1ccc(F)cc1. The largest absolute Gasteiger partial charge is 0.338 e. The van der Waals surface area contributed by atoms with Gasteiger partial charge in [-0.15, -0.1) is 0 Å². The molecule has 2 fully saturated rings. The lowest BCUT2D eigenvalue weighted by molar-refractivity contribution is -0.132. The van der Waals surface area contributed by atoms with Gasteiger partial charge in [0, 0.05) is 25.0 Å². The van der Waals surface area contributed by atoms with Crippen LogP contribution in [0.1, 0.15) is 37.7 Å². The summed E-state index contributed by atoms with van der Waals surface area (Å²) < 4.78 is 12.9. The summed E-state index contributed by atoms with van der Waals surface area (Å²) in [6.45, 7) is 2.05. The molecule has 120 valence electrons. The van der Waals surface area contributed by atoms with Gasteiger partial charge in [0.2, 0.25) is 5.91 Å². The second-order valence-corrected chi connectivity index (χ2v) is 6.61. The van der Waals surface area contributed by atoms with Gasteiger partial charge in [-0.05, 0) is 63.4 Å². The maximum atomic E-state index is 12.9. The first-order chi connectivity index (χ1) is 10.6. The Bertz CT molecular complexity index is 516. The van der Waals surface area contributed by atoms with E-state index in [4.69, 9.17) is 0 Å². The van der Waals surface area contributed by atoms with Crippen molar-refractivity contribution >= 4 is 5.91 Å². The van der Waals surface area contributed by atoms with Crippen LogP contribution in [-0.2, 0) is 11.2 Å². The highest BCUT2D eigenvalue weighted by molar-refractivity contribution is 5.77. The monoisotopic (exact) mass is 304 g/mol. The molecule has 4 heteroatoms. The standard InChI is InChI=1S/C18H25FN2O/c1-20-12-2-4-16(20)17-5-3-13-21(17)18(22)11-8-14-6-9-15(19)10-7-14/h6-7,9-10,16-17H,2-5,8,11-13H2,1H3/t16-,17+/m0/s1. The topological polar surface area (TPSA) is 23.6 Å². The van der Waals surface area contributed by atoms with Crippen LogP contribution < -0.4 is 0 Å². The van der Waals surface area contributed by atoms with Crippen molar-refractivity contribution in [2.45, 2.75) is 50.6 Å². The van der Waals surface area contributed by atoms with E-state index in [1.54, 1.807) is 12.1 Å². The van der Waals surface area contributed by atoms with Crippen LogP contribution in [0, 0.1) is 5.82 Å². The number of amides is 1. The van der Waals surface area contributed by atoms with E-state index in [0.29, 0.717) is 24.9 Å². The number of carbonyl (C=O) groups excluding carboxylic acids is 1. The molecule has 0 spiro atoms. The van der Waals surface area contributed by atoms with E-state index >= 15 is 0 Å². The summed E-state index contributed by atoms with van der Waals surface area (Å²) in [5.74, 6) is 0.0334. The Labute approximate surface area is 132 Å². The molecule has 0 bridgehead atoms. The number of halogens is 1. The van der Waals surface area contributed by atoms with Gasteiger partial charge in [0.1, 0.15) is 5.82 Å². The molecule has 0 aromatic heterocycles. The molecule has 3 nitrogen and oxygen atoms in total. The van der Waals surface area contributed by atoms with Gasteiger partial charge in [-0.1, -0.05) is 12.1 Å². The van der Waals surface area contributed by atoms with Crippen LogP contribution >= 0.6 is 0 Å². The quantitative estimate of drug-likeness (QED) is 0.854. The summed E-state index contributed by atoms with van der Waals surface area (Å²) in [7, 11) is 2.18. The fourth-order valence-electron chi connectivity index (χ4n) is 3.97. The van der Waals surface area contributed by atoms with Crippen molar-refractivity contribution in [3.8, 4) is 0 Å². The first-order valence-corrected chi connectivity index (χ1v) is 8.39. The number of likely N-dealkylation sites (N-methyl/N-ethyl adjacent to an activating group) is 1. The van der Waals surface area contributed by atoms with E-state index in [0.717, 1.165) is 31.5 Å². The normalized spacial score (nSPS) is 25.8. The molecular weight excluding hydrogens is 279 g/mol. The summed E-state index contributed by atoms with van der Waals surface area (Å²) in [4.78, 5) is 17.1. The van der Waals surface area contributed by atoms with Crippen molar-refractivity contribution in [1.82, 2.24) is 9.80 Å². The van der Waals surface area contributed by atoms with Gasteiger partial charge < -0.3 is 9.80 Å². The van der Waals surface area contributed by atoms with E-state index in [1.165, 1.54) is 25.0 Å². The molecule has 2 aliphatic heterocycles. The number of aryl methyl sites for hydroxylation is 1. The molecule has 0 radical (unpaired) electrons. The summed E-state index contributed by atoms with van der Waals surface area (Å²) >= 11 is 0. The van der Waals surface area contributed by atoms with Crippen LogP contribution in [0.2, 0.25) is 0 Å². The molecule has 0 aliphatic carbocycles. The maximum absolute atomic E-state index is 12.9. The highest BCUT2D eigenvalue weighted by Crippen LogP contribution is 2.29. The summed E-state index contributed by atoms with van der Waals surface area (Å²) in [6.07, 6.45) is 5.94. The summed E-state index contributed by atoms with van der Waals surface area (Å²) in [6, 6.07) is 7.41. The maximum Gasteiger partial charge on any atom is 0.223 e. The Kier molecular flexibility index (Phi) is 4.77. The lowest BCUT2D eigenvalue weighted by Crippen LogP contribution is -2.47. The molecule has 22 heavy (non-hydrogen) atoms. The zero-order valence-corrected chi connectivity index (χ0v) is 13.3. The predicted molar refractivity (Wildman–Crippen MR) is 85.1 cm³/mol. The van der Waals surface area contributed by atoms with E-state index in [9.17, 15) is 9.18 Å². The number of hydrogen-bond acceptors (Lipinski definition) is 2. The fourth-order valence-corrected chi connectivity index (χ4v) is 3.97. The summed E-state index contributed by atoms with van der Waals surface area (Å²) in [5, 5.41) is 0. The van der Waals surface area contributed by atoms with Crippen LogP contribution in [0.15, 0.2) is 24.3 Å². The molecule has 0 saturated carbocycles. The average Bonchev–Trinajstić information content (AvgIpc) is 3.14. The van der Waals surface area contributed by atoms with E-state index in [2.05, 4.69) is 16.8 Å². The average molecular weight is 304 g/mol. The van der Waals surface area contributed by atoms with Gasteiger partial charge in [0.05, 0.1) is 0 Å². The second kappa shape index (κ2) is 6.78. The van der Waals surface area contributed by atoms with Gasteiger partial charge in [0.15, 0.2) is 0 Å². The van der Waals surface area contributed by atoms with Crippen LogP contribution in [0.4, 0.5) is 4.39 Å². The number of rotatable bonds is 4. The Balaban J connectivity index is 1.57. The van der Waals surface area contributed by atoms with Crippen molar-refractivity contribution in [2.75, 3.05) is 20.1 Å². The molecule has 1 aromatic carbocycles. The minimum atomic E-state index is -0.223. The van der Waals surface area contributed by atoms with Gasteiger partial charge in [-0.3, -0.25) is 4.79 Å². The predicted octanol–water partition coefficient (Wildman–Crippen LogP) is 2.84. The molecule has 1 amide bonds. The number of hydrogen-bond donors (Lipinski definition) is 0. The van der Waals surface area contributed by atoms with Crippen molar-refractivity contribution in [3.05, 3.63) is 35.6 Å². The first-order valence-electron chi connectivity index (χ1n) is 8.39. The number of benzene rings is 1. The first kappa shape index (κ1) is 15.5. The van der Waals surface area contributed by atoms with Gasteiger partial charge >= 0.3 is 0 Å². The molecule has 2 saturated heterocycles. The molecule has 1 aromatic rings. The second-order valence-electron chi connectivity index (χ2n) is 6.61. The Morgan fingerprint density at radius 2 is 1.82 bits per heavy atom. The van der Waals surface area contributed by atoms with Crippen LogP contribution in [-0.4, -0.2) is 47.9 Å². The third kappa shape index (κ3) is 3.32. The third-order valence-electron chi connectivity index (χ3n) is 5.18. The van der Waals surface area contributed by atoms with Gasteiger partial charge in [-0.2, -0.15) is 0 Å². The Morgan fingerprint density at radius 1 is 1.14 bits per heavy atom. The molecule has 0 N–H and O–H groups in total.